The van der Waals surface area contributed by atoms with Gasteiger partial charge in [-0.1, -0.05) is 6.92 Å². The fourth-order valence-corrected chi connectivity index (χ4v) is 1.31. The summed E-state index contributed by atoms with van der Waals surface area (Å²) < 4.78 is 28.8. The maximum atomic E-state index is 10.8. The Kier molecular flexibility index (Phi) is 10.0. The first kappa shape index (κ1) is 16.6. The van der Waals surface area contributed by atoms with Crippen LogP contribution >= 0.6 is 0 Å². The molecule has 0 aromatic carbocycles. The van der Waals surface area contributed by atoms with Crippen LogP contribution < -0.4 is 5.32 Å². The Bertz CT molecular complexity index is 261. The van der Waals surface area contributed by atoms with Gasteiger partial charge in [0.15, 0.2) is 0 Å². The molecule has 0 aromatic heterocycles. The molecule has 0 saturated heterocycles. The third-order valence-corrected chi connectivity index (χ3v) is 2.18. The van der Waals surface area contributed by atoms with Gasteiger partial charge in [-0.15, -0.1) is 0 Å². The molecular formula is C7H17MgNO4S. The third kappa shape index (κ3) is 12.1. The molecule has 0 bridgehead atoms. The van der Waals surface area contributed by atoms with Crippen LogP contribution in [0.2, 0.25) is 0 Å². The van der Waals surface area contributed by atoms with Crippen molar-refractivity contribution in [1.29, 1.82) is 0 Å². The Labute approximate surface area is 104 Å². The van der Waals surface area contributed by atoms with Crippen molar-refractivity contribution in [2.75, 3.05) is 12.3 Å². The molecule has 0 rings (SSSR count). The van der Waals surface area contributed by atoms with Gasteiger partial charge in [-0.2, -0.15) is 8.42 Å². The van der Waals surface area contributed by atoms with Gasteiger partial charge >= 0.3 is 23.1 Å². The van der Waals surface area contributed by atoms with Crippen LogP contribution in [0.1, 0.15) is 29.0 Å². The summed E-state index contributed by atoms with van der Waals surface area (Å²) in [6.45, 7) is 2.18. The van der Waals surface area contributed by atoms with Crippen LogP contribution in [0.4, 0.5) is 0 Å². The van der Waals surface area contributed by atoms with Crippen molar-refractivity contribution >= 4 is 39.1 Å². The van der Waals surface area contributed by atoms with Crippen LogP contribution in [0.15, 0.2) is 0 Å². The van der Waals surface area contributed by atoms with Crippen molar-refractivity contribution in [3.05, 3.63) is 0 Å². The molecule has 0 saturated carbocycles. The number of hydrogen-bond acceptors (Lipinski definition) is 3. The van der Waals surface area contributed by atoms with E-state index in [0.717, 1.165) is 6.42 Å². The van der Waals surface area contributed by atoms with Gasteiger partial charge in [-0.25, -0.2) is 0 Å². The van der Waals surface area contributed by atoms with E-state index in [1.54, 1.807) is 0 Å². The maximum absolute atomic E-state index is 10.8. The third-order valence-electron chi connectivity index (χ3n) is 1.38. The van der Waals surface area contributed by atoms with Crippen LogP contribution in [0.3, 0.4) is 0 Å². The fourth-order valence-electron chi connectivity index (χ4n) is 0.798. The van der Waals surface area contributed by atoms with Crippen LogP contribution in [-0.4, -0.2) is 54.2 Å². The molecule has 0 atom stereocenters. The van der Waals surface area contributed by atoms with Crippen molar-refractivity contribution < 1.29 is 20.6 Å². The molecule has 0 aliphatic carbocycles. The van der Waals surface area contributed by atoms with E-state index in [-0.39, 0.29) is 44.0 Å². The Morgan fingerprint density at radius 2 is 2.07 bits per heavy atom. The summed E-state index contributed by atoms with van der Waals surface area (Å²) in [5, 5.41) is 2.54. The first-order valence-electron chi connectivity index (χ1n) is 4.17. The minimum Gasteiger partial charge on any atom is -1.00 e. The average molecular weight is 236 g/mol. The van der Waals surface area contributed by atoms with E-state index < -0.39 is 10.1 Å². The summed E-state index contributed by atoms with van der Waals surface area (Å²) in [7, 11) is -3.89. The van der Waals surface area contributed by atoms with Crippen LogP contribution in [0.5, 0.6) is 0 Å². The number of amides is 1. The van der Waals surface area contributed by atoms with Gasteiger partial charge in [0, 0.05) is 13.0 Å². The Balaban J connectivity index is -0.000000240. The maximum Gasteiger partial charge on any atom is 2.00 e. The topological polar surface area (TPSA) is 83.5 Å². The molecule has 7 heteroatoms. The zero-order valence-electron chi connectivity index (χ0n) is 10.3. The first-order chi connectivity index (χ1) is 5.95. The molecule has 14 heavy (non-hydrogen) atoms. The van der Waals surface area contributed by atoms with Crippen LogP contribution in [0.25, 0.3) is 0 Å². The van der Waals surface area contributed by atoms with Gasteiger partial charge < -0.3 is 8.17 Å². The minimum atomic E-state index is -3.89. The second-order valence-corrected chi connectivity index (χ2v) is 4.31. The van der Waals surface area contributed by atoms with Gasteiger partial charge in [-0.05, 0) is 12.8 Å². The van der Waals surface area contributed by atoms with E-state index in [2.05, 4.69) is 5.32 Å². The minimum absolute atomic E-state index is 0. The molecule has 0 aliphatic rings. The summed E-state index contributed by atoms with van der Waals surface area (Å²) >= 11 is 0. The number of nitrogens with one attached hydrogen (secondary N) is 1. The second-order valence-electron chi connectivity index (χ2n) is 2.74. The molecular weight excluding hydrogens is 218 g/mol. The smallest absolute Gasteiger partial charge is 1.00 e. The molecule has 0 radical (unpaired) electrons. The van der Waals surface area contributed by atoms with E-state index in [9.17, 15) is 13.2 Å². The Morgan fingerprint density at radius 1 is 1.50 bits per heavy atom. The molecule has 0 fully saturated rings. The SMILES string of the molecule is CCCC(=O)NCCCS(=O)(=O)O.[H-].[H-].[Mg+2]. The zero-order chi connectivity index (χ0) is 10.3. The summed E-state index contributed by atoms with van der Waals surface area (Å²) in [5.74, 6) is -0.391. The zero-order valence-corrected chi connectivity index (χ0v) is 10.6. The van der Waals surface area contributed by atoms with Crippen molar-refractivity contribution in [2.45, 2.75) is 26.2 Å². The first-order valence-corrected chi connectivity index (χ1v) is 5.78. The van der Waals surface area contributed by atoms with E-state index in [0.29, 0.717) is 13.0 Å². The van der Waals surface area contributed by atoms with Crippen molar-refractivity contribution in [1.82, 2.24) is 5.32 Å². The largest absolute Gasteiger partial charge is 2.00 e. The number of carbonyl (C=O) groups is 1. The molecule has 82 valence electrons. The van der Waals surface area contributed by atoms with Crippen LogP contribution in [-0.2, 0) is 14.9 Å². The summed E-state index contributed by atoms with van der Waals surface area (Å²) in [5.41, 5.74) is 0. The van der Waals surface area contributed by atoms with Gasteiger partial charge in [-0.3, -0.25) is 9.35 Å². The van der Waals surface area contributed by atoms with E-state index in [1.165, 1.54) is 0 Å². The molecule has 2 N–H and O–H groups in total. The molecule has 5 nitrogen and oxygen atoms in total. The Morgan fingerprint density at radius 3 is 2.50 bits per heavy atom. The second kappa shape index (κ2) is 8.45. The summed E-state index contributed by atoms with van der Waals surface area (Å²) in [6.07, 6.45) is 1.46. The number of rotatable bonds is 6. The van der Waals surface area contributed by atoms with E-state index >= 15 is 0 Å². The molecule has 0 aromatic rings. The monoisotopic (exact) mass is 235 g/mol. The van der Waals surface area contributed by atoms with Gasteiger partial charge in [0.2, 0.25) is 5.91 Å². The number of carbonyl (C=O) groups excluding carboxylic acids is 1. The fraction of sp³-hybridized carbons (Fsp3) is 0.857. The van der Waals surface area contributed by atoms with Gasteiger partial charge in [0.05, 0.1) is 5.75 Å². The average Bonchev–Trinajstić information content (AvgIpc) is 1.97. The summed E-state index contributed by atoms with van der Waals surface area (Å²) in [6, 6.07) is 0. The van der Waals surface area contributed by atoms with Gasteiger partial charge in [0.25, 0.3) is 10.1 Å². The van der Waals surface area contributed by atoms with Crippen molar-refractivity contribution in [3.63, 3.8) is 0 Å². The molecule has 1 amide bonds. The molecule has 0 heterocycles. The predicted octanol–water partition coefficient (Wildman–Crippen LogP) is 0.0248. The summed E-state index contributed by atoms with van der Waals surface area (Å²) in [4.78, 5) is 10.8. The van der Waals surface area contributed by atoms with E-state index in [1.807, 2.05) is 6.92 Å². The molecule has 0 spiro atoms. The number of hydrogen-bond donors (Lipinski definition) is 2. The van der Waals surface area contributed by atoms with Gasteiger partial charge in [0.1, 0.15) is 0 Å². The normalized spacial score (nSPS) is 10.4. The predicted molar refractivity (Wildman–Crippen MR) is 56.9 cm³/mol. The van der Waals surface area contributed by atoms with Crippen molar-refractivity contribution in [3.8, 4) is 0 Å². The van der Waals surface area contributed by atoms with E-state index in [4.69, 9.17) is 4.55 Å². The quantitative estimate of drug-likeness (QED) is 0.386. The molecule has 0 unspecified atom stereocenters. The standard InChI is InChI=1S/C7H15NO4S.Mg.2H/c1-2-4-7(9)8-5-3-6-13(10,11)12;;;/h2-6H2,1H3,(H,8,9)(H,10,11,12);;;/q;+2;2*-1. The van der Waals surface area contributed by atoms with Crippen LogP contribution in [0, 0.1) is 0 Å². The van der Waals surface area contributed by atoms with Crippen molar-refractivity contribution in [2.24, 2.45) is 0 Å². The Hall–Kier alpha value is 0.146. The molecule has 0 aliphatic heterocycles.